The molecule has 2 aromatic rings. The van der Waals surface area contributed by atoms with Crippen LogP contribution in [0.4, 0.5) is 5.13 Å². The second-order valence-corrected chi connectivity index (χ2v) is 5.77. The summed E-state index contributed by atoms with van der Waals surface area (Å²) in [5.41, 5.74) is 7.79. The van der Waals surface area contributed by atoms with Gasteiger partial charge in [-0.2, -0.15) is 0 Å². The Hall–Kier alpha value is -1.55. The van der Waals surface area contributed by atoms with Crippen LogP contribution in [0.1, 0.15) is 31.1 Å². The van der Waals surface area contributed by atoms with Crippen LogP contribution in [0.2, 0.25) is 0 Å². The lowest BCUT2D eigenvalue weighted by Crippen LogP contribution is -1.96. The van der Waals surface area contributed by atoms with E-state index in [1.54, 1.807) is 0 Å². The van der Waals surface area contributed by atoms with Crippen LogP contribution >= 0.6 is 11.3 Å². The van der Waals surface area contributed by atoms with Gasteiger partial charge >= 0.3 is 0 Å². The quantitative estimate of drug-likeness (QED) is 0.801. The second kappa shape index (κ2) is 6.57. The SMILES string of the molecule is CCCCCOc1ccc(-c2nc(N)sc2C)cc1. The molecule has 2 rings (SSSR count). The normalized spacial score (nSPS) is 10.6. The highest BCUT2D eigenvalue weighted by Crippen LogP contribution is 2.29. The fourth-order valence-corrected chi connectivity index (χ4v) is 2.65. The molecule has 0 saturated carbocycles. The largest absolute Gasteiger partial charge is 0.494 e. The Bertz CT molecular complexity index is 519. The number of aromatic nitrogens is 1. The predicted octanol–water partition coefficient (Wildman–Crippen LogP) is 4.27. The van der Waals surface area contributed by atoms with Crippen molar-refractivity contribution in [2.75, 3.05) is 12.3 Å². The Kier molecular flexibility index (Phi) is 4.80. The van der Waals surface area contributed by atoms with Crippen molar-refractivity contribution < 1.29 is 4.74 Å². The van der Waals surface area contributed by atoms with E-state index in [4.69, 9.17) is 10.5 Å². The Balaban J connectivity index is 2.00. The number of benzene rings is 1. The van der Waals surface area contributed by atoms with E-state index in [0.29, 0.717) is 5.13 Å². The fraction of sp³-hybridized carbons (Fsp3) is 0.400. The number of nitrogens with zero attached hydrogens (tertiary/aromatic N) is 1. The maximum Gasteiger partial charge on any atom is 0.180 e. The molecular formula is C15H20N2OS. The van der Waals surface area contributed by atoms with Crippen LogP contribution in [-0.4, -0.2) is 11.6 Å². The first kappa shape index (κ1) is 13.9. The van der Waals surface area contributed by atoms with Crippen molar-refractivity contribution in [3.05, 3.63) is 29.1 Å². The zero-order valence-electron chi connectivity index (χ0n) is 11.5. The number of hydrogen-bond acceptors (Lipinski definition) is 4. The van der Waals surface area contributed by atoms with E-state index in [1.165, 1.54) is 24.2 Å². The van der Waals surface area contributed by atoms with Gasteiger partial charge in [-0.15, -0.1) is 11.3 Å². The molecule has 0 amide bonds. The molecule has 2 N–H and O–H groups in total. The highest BCUT2D eigenvalue weighted by atomic mass is 32.1. The molecule has 0 aliphatic rings. The minimum Gasteiger partial charge on any atom is -0.494 e. The third-order valence-corrected chi connectivity index (χ3v) is 3.76. The summed E-state index contributed by atoms with van der Waals surface area (Å²) in [6.07, 6.45) is 3.54. The van der Waals surface area contributed by atoms with Crippen LogP contribution in [0.5, 0.6) is 5.75 Å². The van der Waals surface area contributed by atoms with Crippen molar-refractivity contribution in [3.8, 4) is 17.0 Å². The van der Waals surface area contributed by atoms with Gasteiger partial charge in [0.1, 0.15) is 5.75 Å². The molecule has 19 heavy (non-hydrogen) atoms. The maximum absolute atomic E-state index is 5.72. The van der Waals surface area contributed by atoms with Crippen molar-refractivity contribution in [1.82, 2.24) is 4.98 Å². The number of ether oxygens (including phenoxy) is 1. The van der Waals surface area contributed by atoms with Crippen LogP contribution in [-0.2, 0) is 0 Å². The summed E-state index contributed by atoms with van der Waals surface area (Å²) in [7, 11) is 0. The van der Waals surface area contributed by atoms with Crippen LogP contribution in [0.25, 0.3) is 11.3 Å². The average Bonchev–Trinajstić information content (AvgIpc) is 2.75. The summed E-state index contributed by atoms with van der Waals surface area (Å²) in [4.78, 5) is 5.50. The average molecular weight is 276 g/mol. The number of nitrogen functional groups attached to an aromatic ring is 1. The molecule has 4 heteroatoms. The van der Waals surface area contributed by atoms with Gasteiger partial charge in [0, 0.05) is 10.4 Å². The molecule has 102 valence electrons. The van der Waals surface area contributed by atoms with Gasteiger partial charge in [0.15, 0.2) is 5.13 Å². The predicted molar refractivity (Wildman–Crippen MR) is 81.7 cm³/mol. The summed E-state index contributed by atoms with van der Waals surface area (Å²) in [6.45, 7) is 5.02. The molecule has 0 bridgehead atoms. The van der Waals surface area contributed by atoms with Crippen molar-refractivity contribution in [2.45, 2.75) is 33.1 Å². The van der Waals surface area contributed by atoms with Crippen LogP contribution < -0.4 is 10.5 Å². The molecule has 1 aromatic carbocycles. The molecule has 1 heterocycles. The van der Waals surface area contributed by atoms with Crippen LogP contribution in [0.3, 0.4) is 0 Å². The van der Waals surface area contributed by atoms with E-state index in [9.17, 15) is 0 Å². The van der Waals surface area contributed by atoms with E-state index in [2.05, 4.69) is 11.9 Å². The first-order valence-electron chi connectivity index (χ1n) is 6.67. The highest BCUT2D eigenvalue weighted by molar-refractivity contribution is 7.15. The van der Waals surface area contributed by atoms with Crippen LogP contribution in [0, 0.1) is 6.92 Å². The summed E-state index contributed by atoms with van der Waals surface area (Å²) < 4.78 is 5.69. The topological polar surface area (TPSA) is 48.1 Å². The number of thiazole rings is 1. The van der Waals surface area contributed by atoms with Gasteiger partial charge in [-0.25, -0.2) is 4.98 Å². The zero-order valence-corrected chi connectivity index (χ0v) is 12.3. The molecule has 0 unspecified atom stereocenters. The van der Waals surface area contributed by atoms with Gasteiger partial charge in [0.2, 0.25) is 0 Å². The minimum absolute atomic E-state index is 0.618. The Morgan fingerprint density at radius 3 is 2.53 bits per heavy atom. The Morgan fingerprint density at radius 1 is 1.21 bits per heavy atom. The number of aryl methyl sites for hydroxylation is 1. The summed E-state index contributed by atoms with van der Waals surface area (Å²) in [5.74, 6) is 0.917. The van der Waals surface area contributed by atoms with E-state index >= 15 is 0 Å². The number of anilines is 1. The molecule has 0 aliphatic carbocycles. The smallest absolute Gasteiger partial charge is 0.180 e. The lowest BCUT2D eigenvalue weighted by Gasteiger charge is -2.06. The van der Waals surface area contributed by atoms with Crippen molar-refractivity contribution in [1.29, 1.82) is 0 Å². The maximum atomic E-state index is 5.72. The van der Waals surface area contributed by atoms with Crippen molar-refractivity contribution in [2.24, 2.45) is 0 Å². The first-order chi connectivity index (χ1) is 9.20. The molecule has 0 saturated heterocycles. The molecule has 3 nitrogen and oxygen atoms in total. The zero-order chi connectivity index (χ0) is 13.7. The van der Waals surface area contributed by atoms with Gasteiger partial charge in [-0.1, -0.05) is 19.8 Å². The van der Waals surface area contributed by atoms with Gasteiger partial charge < -0.3 is 10.5 Å². The van der Waals surface area contributed by atoms with Gasteiger partial charge in [0.05, 0.1) is 12.3 Å². The second-order valence-electron chi connectivity index (χ2n) is 4.54. The monoisotopic (exact) mass is 276 g/mol. The lowest BCUT2D eigenvalue weighted by atomic mass is 10.1. The van der Waals surface area contributed by atoms with E-state index in [1.807, 2.05) is 31.2 Å². The summed E-state index contributed by atoms with van der Waals surface area (Å²) in [6, 6.07) is 8.07. The molecular weight excluding hydrogens is 256 g/mol. The Labute approximate surface area is 118 Å². The van der Waals surface area contributed by atoms with E-state index in [-0.39, 0.29) is 0 Å². The summed E-state index contributed by atoms with van der Waals surface area (Å²) >= 11 is 1.52. The standard InChI is InChI=1S/C15H20N2OS/c1-3-4-5-10-18-13-8-6-12(7-9-13)14-11(2)19-15(16)17-14/h6-9H,3-5,10H2,1-2H3,(H2,16,17). The van der Waals surface area contributed by atoms with Gasteiger partial charge in [0.25, 0.3) is 0 Å². The number of rotatable bonds is 6. The molecule has 0 fully saturated rings. The number of nitrogens with two attached hydrogens (primary N) is 1. The summed E-state index contributed by atoms with van der Waals surface area (Å²) in [5, 5.41) is 0.618. The molecule has 0 aliphatic heterocycles. The molecule has 0 atom stereocenters. The van der Waals surface area contributed by atoms with E-state index < -0.39 is 0 Å². The molecule has 1 aromatic heterocycles. The fourth-order valence-electron chi connectivity index (χ4n) is 1.94. The molecule has 0 spiro atoms. The van der Waals surface area contributed by atoms with Gasteiger partial charge in [-0.05, 0) is 37.6 Å². The molecule has 0 radical (unpaired) electrons. The first-order valence-corrected chi connectivity index (χ1v) is 7.48. The third kappa shape index (κ3) is 3.70. The van der Waals surface area contributed by atoms with Crippen molar-refractivity contribution in [3.63, 3.8) is 0 Å². The minimum atomic E-state index is 0.618. The van der Waals surface area contributed by atoms with Crippen LogP contribution in [0.15, 0.2) is 24.3 Å². The Morgan fingerprint density at radius 2 is 1.95 bits per heavy atom. The lowest BCUT2D eigenvalue weighted by molar-refractivity contribution is 0.306. The number of hydrogen-bond donors (Lipinski definition) is 1. The number of unbranched alkanes of at least 4 members (excludes halogenated alkanes) is 2. The van der Waals surface area contributed by atoms with E-state index in [0.717, 1.165) is 34.9 Å². The van der Waals surface area contributed by atoms with Crippen molar-refractivity contribution >= 4 is 16.5 Å². The highest BCUT2D eigenvalue weighted by Gasteiger charge is 2.07. The third-order valence-electron chi connectivity index (χ3n) is 2.96. The van der Waals surface area contributed by atoms with Gasteiger partial charge in [-0.3, -0.25) is 0 Å².